The van der Waals surface area contributed by atoms with E-state index in [1.807, 2.05) is 0 Å². The molecule has 0 amide bonds. The number of carboxylic acids is 1. The number of rotatable bonds is 3. The number of carboxylic acid groups (broad SMARTS) is 1. The van der Waals surface area contributed by atoms with Gasteiger partial charge in [0, 0.05) is 11.6 Å². The van der Waals surface area contributed by atoms with Crippen LogP contribution in [0.3, 0.4) is 0 Å². The molecule has 1 aliphatic carbocycles. The Morgan fingerprint density at radius 1 is 1.26 bits per heavy atom. The van der Waals surface area contributed by atoms with Crippen LogP contribution in [0.15, 0.2) is 12.1 Å². The highest BCUT2D eigenvalue weighted by molar-refractivity contribution is 5.82. The van der Waals surface area contributed by atoms with Gasteiger partial charge in [0.05, 0.1) is 12.5 Å². The summed E-state index contributed by atoms with van der Waals surface area (Å²) in [6.07, 6.45) is 3.15. The molecular weight excluding hydrogens is 254 g/mol. The molecule has 1 N–H and O–H groups in total. The lowest BCUT2D eigenvalue weighted by molar-refractivity contribution is -0.145. The Kier molecular flexibility index (Phi) is 3.73. The van der Waals surface area contributed by atoms with Crippen LogP contribution in [0.1, 0.15) is 37.7 Å². The minimum atomic E-state index is -1.24. The topological polar surface area (TPSA) is 46.5 Å². The lowest BCUT2D eigenvalue weighted by Crippen LogP contribution is -2.38. The number of halogens is 2. The highest BCUT2D eigenvalue weighted by Crippen LogP contribution is 2.44. The summed E-state index contributed by atoms with van der Waals surface area (Å²) in [5.41, 5.74) is -1.13. The highest BCUT2D eigenvalue weighted by Gasteiger charge is 2.44. The first kappa shape index (κ1) is 13.8. The van der Waals surface area contributed by atoms with E-state index < -0.39 is 23.0 Å². The van der Waals surface area contributed by atoms with Crippen LogP contribution in [0.4, 0.5) is 8.78 Å². The number of hydrogen-bond donors (Lipinski definition) is 1. The SMILES string of the molecule is COc1c(F)cc(F)cc1C1(C(=O)O)CCCCC1. The predicted octanol–water partition coefficient (Wildman–Crippen LogP) is 3.26. The van der Waals surface area contributed by atoms with Crippen LogP contribution in [0, 0.1) is 11.6 Å². The second-order valence-electron chi connectivity index (χ2n) is 4.92. The minimum Gasteiger partial charge on any atom is -0.493 e. The van der Waals surface area contributed by atoms with Crippen LogP contribution in [-0.4, -0.2) is 18.2 Å². The molecule has 19 heavy (non-hydrogen) atoms. The van der Waals surface area contributed by atoms with Crippen LogP contribution in [0.5, 0.6) is 5.75 Å². The van der Waals surface area contributed by atoms with Gasteiger partial charge in [-0.25, -0.2) is 8.78 Å². The quantitative estimate of drug-likeness (QED) is 0.917. The Morgan fingerprint density at radius 3 is 2.42 bits per heavy atom. The van der Waals surface area contributed by atoms with Crippen molar-refractivity contribution in [2.24, 2.45) is 0 Å². The molecule has 0 radical (unpaired) electrons. The third kappa shape index (κ3) is 2.29. The van der Waals surface area contributed by atoms with Crippen LogP contribution >= 0.6 is 0 Å². The molecular formula is C14H16F2O3. The monoisotopic (exact) mass is 270 g/mol. The van der Waals surface area contributed by atoms with Crippen molar-refractivity contribution >= 4 is 5.97 Å². The van der Waals surface area contributed by atoms with Gasteiger partial charge in [-0.1, -0.05) is 19.3 Å². The second-order valence-corrected chi connectivity index (χ2v) is 4.92. The van der Waals surface area contributed by atoms with Gasteiger partial charge in [0.1, 0.15) is 5.82 Å². The molecule has 3 nitrogen and oxygen atoms in total. The summed E-state index contributed by atoms with van der Waals surface area (Å²) in [6.45, 7) is 0. The molecule has 1 aromatic carbocycles. The fraction of sp³-hybridized carbons (Fsp3) is 0.500. The summed E-state index contributed by atoms with van der Waals surface area (Å²) in [6, 6.07) is 1.79. The Balaban J connectivity index is 2.62. The molecule has 0 unspecified atom stereocenters. The van der Waals surface area contributed by atoms with Gasteiger partial charge < -0.3 is 9.84 Å². The fourth-order valence-electron chi connectivity index (χ4n) is 2.88. The number of carbonyl (C=O) groups is 1. The van der Waals surface area contributed by atoms with Crippen molar-refractivity contribution in [1.82, 2.24) is 0 Å². The van der Waals surface area contributed by atoms with Crippen molar-refractivity contribution in [2.45, 2.75) is 37.5 Å². The van der Waals surface area contributed by atoms with Gasteiger partial charge in [-0.3, -0.25) is 4.79 Å². The van der Waals surface area contributed by atoms with Gasteiger partial charge >= 0.3 is 5.97 Å². The molecule has 1 aromatic rings. The second kappa shape index (κ2) is 5.15. The standard InChI is InChI=1S/C14H16F2O3/c1-19-12-10(7-9(15)8-11(12)16)14(13(17)18)5-3-2-4-6-14/h7-8H,2-6H2,1H3,(H,17,18). The van der Waals surface area contributed by atoms with E-state index in [1.165, 1.54) is 7.11 Å². The first-order chi connectivity index (χ1) is 9.01. The molecule has 2 rings (SSSR count). The van der Waals surface area contributed by atoms with Gasteiger partial charge in [0.2, 0.25) is 0 Å². The Morgan fingerprint density at radius 2 is 1.89 bits per heavy atom. The van der Waals surface area contributed by atoms with E-state index in [2.05, 4.69) is 0 Å². The third-order valence-electron chi connectivity index (χ3n) is 3.84. The van der Waals surface area contributed by atoms with Crippen LogP contribution < -0.4 is 4.74 Å². The molecule has 0 spiro atoms. The van der Waals surface area contributed by atoms with Crippen LogP contribution in [0.2, 0.25) is 0 Å². The molecule has 0 saturated heterocycles. The van der Waals surface area contributed by atoms with E-state index in [0.717, 1.165) is 25.3 Å². The van der Waals surface area contributed by atoms with Gasteiger partial charge in [0.15, 0.2) is 11.6 Å². The smallest absolute Gasteiger partial charge is 0.314 e. The maximum atomic E-state index is 13.7. The predicted molar refractivity (Wildman–Crippen MR) is 65.3 cm³/mol. The summed E-state index contributed by atoms with van der Waals surface area (Å²) < 4.78 is 32.1. The molecule has 0 aromatic heterocycles. The van der Waals surface area contributed by atoms with E-state index in [0.29, 0.717) is 18.9 Å². The molecule has 0 heterocycles. The Labute approximate surface area is 110 Å². The van der Waals surface area contributed by atoms with Crippen molar-refractivity contribution in [2.75, 3.05) is 7.11 Å². The number of hydrogen-bond acceptors (Lipinski definition) is 2. The molecule has 104 valence electrons. The largest absolute Gasteiger partial charge is 0.493 e. The van der Waals surface area contributed by atoms with Gasteiger partial charge in [-0.15, -0.1) is 0 Å². The number of ether oxygens (including phenoxy) is 1. The zero-order valence-electron chi connectivity index (χ0n) is 10.7. The number of benzene rings is 1. The van der Waals surface area contributed by atoms with Crippen LogP contribution in [0.25, 0.3) is 0 Å². The van der Waals surface area contributed by atoms with E-state index in [1.54, 1.807) is 0 Å². The van der Waals surface area contributed by atoms with E-state index in [-0.39, 0.29) is 11.3 Å². The highest BCUT2D eigenvalue weighted by atomic mass is 19.1. The zero-order valence-corrected chi connectivity index (χ0v) is 10.7. The maximum absolute atomic E-state index is 13.7. The van der Waals surface area contributed by atoms with Crippen LogP contribution in [-0.2, 0) is 10.2 Å². The number of methoxy groups -OCH3 is 1. The maximum Gasteiger partial charge on any atom is 0.314 e. The Bertz CT molecular complexity index is 494. The normalized spacial score (nSPS) is 18.1. The molecule has 1 fully saturated rings. The Hall–Kier alpha value is -1.65. The summed E-state index contributed by atoms with van der Waals surface area (Å²) in [5.74, 6) is -2.84. The van der Waals surface area contributed by atoms with Crippen molar-refractivity contribution in [3.8, 4) is 5.75 Å². The van der Waals surface area contributed by atoms with E-state index in [9.17, 15) is 18.7 Å². The molecule has 0 aliphatic heterocycles. The van der Waals surface area contributed by atoms with Crippen molar-refractivity contribution in [3.63, 3.8) is 0 Å². The molecule has 0 atom stereocenters. The number of aliphatic carboxylic acids is 1. The lowest BCUT2D eigenvalue weighted by Gasteiger charge is -2.34. The molecule has 0 bridgehead atoms. The van der Waals surface area contributed by atoms with Gasteiger partial charge in [-0.05, 0) is 18.9 Å². The van der Waals surface area contributed by atoms with Gasteiger partial charge in [0.25, 0.3) is 0 Å². The summed E-state index contributed by atoms with van der Waals surface area (Å²) in [4.78, 5) is 11.7. The molecule has 5 heteroatoms. The third-order valence-corrected chi connectivity index (χ3v) is 3.84. The average molecular weight is 270 g/mol. The summed E-state index contributed by atoms with van der Waals surface area (Å²) in [5, 5.41) is 9.54. The first-order valence-electron chi connectivity index (χ1n) is 6.28. The van der Waals surface area contributed by atoms with E-state index in [4.69, 9.17) is 4.74 Å². The summed E-state index contributed by atoms with van der Waals surface area (Å²) in [7, 11) is 1.26. The molecule has 1 saturated carbocycles. The lowest BCUT2D eigenvalue weighted by atomic mass is 9.69. The van der Waals surface area contributed by atoms with Crippen molar-refractivity contribution in [1.29, 1.82) is 0 Å². The average Bonchev–Trinajstić information content (AvgIpc) is 2.38. The van der Waals surface area contributed by atoms with Crippen molar-refractivity contribution in [3.05, 3.63) is 29.3 Å². The first-order valence-corrected chi connectivity index (χ1v) is 6.28. The van der Waals surface area contributed by atoms with Crippen molar-refractivity contribution < 1.29 is 23.4 Å². The zero-order chi connectivity index (χ0) is 14.0. The summed E-state index contributed by atoms with van der Waals surface area (Å²) >= 11 is 0. The molecule has 1 aliphatic rings. The minimum absolute atomic E-state index is 0.111. The fourth-order valence-corrected chi connectivity index (χ4v) is 2.88. The van der Waals surface area contributed by atoms with E-state index >= 15 is 0 Å². The van der Waals surface area contributed by atoms with Gasteiger partial charge in [-0.2, -0.15) is 0 Å².